The Labute approximate surface area is 339 Å². The number of hydrogen-bond acceptors (Lipinski definition) is 11. The number of anilines is 2. The van der Waals surface area contributed by atoms with Gasteiger partial charge in [-0.1, -0.05) is 34.5 Å². The van der Waals surface area contributed by atoms with Gasteiger partial charge in [0.25, 0.3) is 21.6 Å². The summed E-state index contributed by atoms with van der Waals surface area (Å²) in [6.07, 6.45) is 9.47. The molecule has 4 heterocycles. The first-order valence-electron chi connectivity index (χ1n) is 19.3. The predicted molar refractivity (Wildman–Crippen MR) is 221 cm³/mol. The molecular formula is C41H44BrN7O7S. The van der Waals surface area contributed by atoms with E-state index in [9.17, 15) is 23.3 Å². The lowest BCUT2D eigenvalue weighted by Gasteiger charge is -2.40. The van der Waals surface area contributed by atoms with Gasteiger partial charge in [-0.05, 0) is 91.6 Å². The molecule has 14 nitrogen and oxygen atoms in total. The van der Waals surface area contributed by atoms with E-state index < -0.39 is 31.4 Å². The summed E-state index contributed by atoms with van der Waals surface area (Å²) in [5, 5.41) is 15.9. The summed E-state index contributed by atoms with van der Waals surface area (Å²) in [5.74, 6) is -0.167. The first kappa shape index (κ1) is 38.8. The molecule has 16 heteroatoms. The van der Waals surface area contributed by atoms with E-state index in [0.717, 1.165) is 69.0 Å². The quantitative estimate of drug-likeness (QED) is 0.0680. The molecule has 2 fully saturated rings. The minimum Gasteiger partial charge on any atom is -0.455 e. The molecule has 0 spiro atoms. The van der Waals surface area contributed by atoms with Gasteiger partial charge in [0.2, 0.25) is 0 Å². The summed E-state index contributed by atoms with van der Waals surface area (Å²) in [6, 6.07) is 19.1. The van der Waals surface area contributed by atoms with E-state index in [-0.39, 0.29) is 22.9 Å². The van der Waals surface area contributed by atoms with Gasteiger partial charge in [0, 0.05) is 85.9 Å². The number of ether oxygens (including phenoxy) is 2. The van der Waals surface area contributed by atoms with Gasteiger partial charge < -0.3 is 24.7 Å². The molecule has 8 rings (SSSR count). The number of benzene rings is 3. The number of carbonyl (C=O) groups excluding carboxylic acids is 1. The van der Waals surface area contributed by atoms with Crippen LogP contribution in [0.4, 0.5) is 17.1 Å². The highest BCUT2D eigenvalue weighted by molar-refractivity contribution is 9.10. The largest absolute Gasteiger partial charge is 0.455 e. The third-order valence-corrected chi connectivity index (χ3v) is 13.3. The van der Waals surface area contributed by atoms with Crippen molar-refractivity contribution < 1.29 is 27.6 Å². The third-order valence-electron chi connectivity index (χ3n) is 11.2. The monoisotopic (exact) mass is 857 g/mol. The molecule has 1 amide bonds. The van der Waals surface area contributed by atoms with Gasteiger partial charge in [0.05, 0.1) is 21.6 Å². The standard InChI is InChI=1S/C41H44BrN7O7S/c42-35-6-3-5-33-32(35)4-1-2-7-37(33)48-18-16-47(17-19-48)29-8-10-34(39(23-29)56-30-22-28-12-15-43-40(28)45-26-30)41(50)46-57(53,54)31-9-11-36(38(24-31)49(51)52)44-25-27-13-20-55-21-14-27/h3,5-6,8-12,15,22-24,26-27,37,44H,1-2,4,7,13-14,16-21,25H2,(H,43,45)(H,46,50)/t37-/m1/s1. The fraction of sp³-hybridized carbons (Fsp3) is 0.366. The molecule has 0 radical (unpaired) electrons. The van der Waals surface area contributed by atoms with Crippen molar-refractivity contribution in [2.24, 2.45) is 5.92 Å². The Morgan fingerprint density at radius 2 is 1.84 bits per heavy atom. The van der Waals surface area contributed by atoms with Crippen LogP contribution in [-0.2, 0) is 21.2 Å². The van der Waals surface area contributed by atoms with Crippen LogP contribution in [0, 0.1) is 16.0 Å². The zero-order valence-corrected chi connectivity index (χ0v) is 33.7. The van der Waals surface area contributed by atoms with Crippen LogP contribution in [-0.4, -0.2) is 80.1 Å². The summed E-state index contributed by atoms with van der Waals surface area (Å²) in [7, 11) is -4.54. The number of hydrogen-bond donors (Lipinski definition) is 3. The first-order chi connectivity index (χ1) is 27.6. The number of rotatable bonds is 11. The van der Waals surface area contributed by atoms with E-state index in [1.807, 2.05) is 6.07 Å². The van der Waals surface area contributed by atoms with Crippen LogP contribution in [0.5, 0.6) is 11.5 Å². The van der Waals surface area contributed by atoms with E-state index >= 15 is 0 Å². The Morgan fingerprint density at radius 3 is 2.65 bits per heavy atom. The number of aromatic nitrogens is 2. The zero-order valence-electron chi connectivity index (χ0n) is 31.3. The molecule has 5 aromatic rings. The van der Waals surface area contributed by atoms with Gasteiger partial charge >= 0.3 is 0 Å². The molecule has 2 saturated heterocycles. The number of H-pyrrole nitrogens is 1. The number of nitrogens with zero attached hydrogens (tertiary/aromatic N) is 4. The minimum absolute atomic E-state index is 0.0278. The van der Waals surface area contributed by atoms with Crippen LogP contribution in [0.25, 0.3) is 11.0 Å². The van der Waals surface area contributed by atoms with Crippen LogP contribution >= 0.6 is 15.9 Å². The zero-order chi connectivity index (χ0) is 39.5. The van der Waals surface area contributed by atoms with E-state index in [1.54, 1.807) is 30.5 Å². The molecule has 2 aliphatic heterocycles. The van der Waals surface area contributed by atoms with Crippen LogP contribution in [0.2, 0.25) is 0 Å². The Hall–Kier alpha value is -5.03. The second-order valence-electron chi connectivity index (χ2n) is 14.8. The maximum Gasteiger partial charge on any atom is 0.293 e. The summed E-state index contributed by atoms with van der Waals surface area (Å²) < 4.78 is 42.3. The first-order valence-corrected chi connectivity index (χ1v) is 21.6. The second kappa shape index (κ2) is 16.8. The lowest BCUT2D eigenvalue weighted by atomic mass is 9.97. The van der Waals surface area contributed by atoms with E-state index in [2.05, 4.69) is 63.9 Å². The van der Waals surface area contributed by atoms with Gasteiger partial charge in [-0.2, -0.15) is 0 Å². The van der Waals surface area contributed by atoms with Crippen molar-refractivity contribution in [1.29, 1.82) is 0 Å². The topological polar surface area (TPSA) is 172 Å². The highest BCUT2D eigenvalue weighted by atomic mass is 79.9. The summed E-state index contributed by atoms with van der Waals surface area (Å²) >= 11 is 3.78. The fourth-order valence-electron chi connectivity index (χ4n) is 8.12. The van der Waals surface area contributed by atoms with Crippen molar-refractivity contribution in [2.45, 2.75) is 49.5 Å². The number of carbonyl (C=O) groups is 1. The number of nitro benzene ring substituents is 1. The number of sulfonamides is 1. The number of nitro groups is 1. The molecule has 0 saturated carbocycles. The van der Waals surface area contributed by atoms with E-state index in [0.29, 0.717) is 37.2 Å². The Balaban J connectivity index is 1.02. The van der Waals surface area contributed by atoms with Crippen molar-refractivity contribution in [3.05, 3.63) is 110 Å². The van der Waals surface area contributed by atoms with Crippen LogP contribution in [0.15, 0.2) is 88.5 Å². The van der Waals surface area contributed by atoms with Gasteiger partial charge in [0.1, 0.15) is 22.8 Å². The van der Waals surface area contributed by atoms with Crippen molar-refractivity contribution in [1.82, 2.24) is 19.6 Å². The summed E-state index contributed by atoms with van der Waals surface area (Å²) in [5.41, 5.74) is 4.06. The average Bonchev–Trinajstić information content (AvgIpc) is 3.58. The second-order valence-corrected chi connectivity index (χ2v) is 17.3. The molecule has 0 bridgehead atoms. The number of nitrogens with one attached hydrogen (secondary N) is 3. The summed E-state index contributed by atoms with van der Waals surface area (Å²) in [6.45, 7) is 4.93. The number of piperazine rings is 1. The number of halogens is 1. The lowest BCUT2D eigenvalue weighted by molar-refractivity contribution is -0.384. The maximum atomic E-state index is 13.9. The molecule has 3 N–H and O–H groups in total. The SMILES string of the molecule is O=C(NS(=O)(=O)c1ccc(NCC2CCOCC2)c([N+](=O)[O-])c1)c1ccc(N2CCN([C@@H]3CCCCc4c(Br)cccc43)CC2)cc1Oc1cnc2[nH]ccc2c1. The number of amides is 1. The van der Waals surface area contributed by atoms with Crippen molar-refractivity contribution in [3.63, 3.8) is 0 Å². The molecular weight excluding hydrogens is 814 g/mol. The maximum absolute atomic E-state index is 13.9. The fourth-order valence-corrected chi connectivity index (χ4v) is 9.69. The Morgan fingerprint density at radius 1 is 1.02 bits per heavy atom. The van der Waals surface area contributed by atoms with Crippen molar-refractivity contribution in [2.75, 3.05) is 56.2 Å². The molecule has 3 aliphatic rings. The minimum atomic E-state index is -4.54. The van der Waals surface area contributed by atoms with Crippen LogP contribution < -0.4 is 19.7 Å². The molecule has 0 unspecified atom stereocenters. The van der Waals surface area contributed by atoms with E-state index in [1.165, 1.54) is 46.8 Å². The van der Waals surface area contributed by atoms with Crippen molar-refractivity contribution >= 4 is 60.0 Å². The average molecular weight is 859 g/mol. The molecule has 3 aromatic carbocycles. The lowest BCUT2D eigenvalue weighted by Crippen LogP contribution is -2.47. The molecule has 2 aromatic heterocycles. The number of aromatic amines is 1. The van der Waals surface area contributed by atoms with Gasteiger partial charge in [0.15, 0.2) is 0 Å². The van der Waals surface area contributed by atoms with Gasteiger partial charge in [-0.3, -0.25) is 19.8 Å². The van der Waals surface area contributed by atoms with Gasteiger partial charge in [-0.15, -0.1) is 0 Å². The smallest absolute Gasteiger partial charge is 0.293 e. The normalized spacial score (nSPS) is 18.1. The number of pyridine rings is 1. The Kier molecular flexibility index (Phi) is 11.5. The highest BCUT2D eigenvalue weighted by Crippen LogP contribution is 2.38. The van der Waals surface area contributed by atoms with Crippen LogP contribution in [0.1, 0.15) is 59.6 Å². The highest BCUT2D eigenvalue weighted by Gasteiger charge is 2.30. The van der Waals surface area contributed by atoms with Gasteiger partial charge in [-0.25, -0.2) is 18.1 Å². The molecule has 57 heavy (non-hydrogen) atoms. The van der Waals surface area contributed by atoms with Crippen molar-refractivity contribution in [3.8, 4) is 11.5 Å². The molecule has 1 aliphatic carbocycles. The van der Waals surface area contributed by atoms with Crippen LogP contribution in [0.3, 0.4) is 0 Å². The third kappa shape index (κ3) is 8.64. The molecule has 298 valence electrons. The molecule has 1 atom stereocenters. The summed E-state index contributed by atoms with van der Waals surface area (Å²) in [4.78, 5) is 37.1. The number of fused-ring (bicyclic) bond motifs is 2. The Bertz CT molecular complexity index is 2390. The predicted octanol–water partition coefficient (Wildman–Crippen LogP) is 7.57. The van der Waals surface area contributed by atoms with E-state index in [4.69, 9.17) is 9.47 Å².